The van der Waals surface area contributed by atoms with E-state index in [9.17, 15) is 4.79 Å². The zero-order valence-corrected chi connectivity index (χ0v) is 11.5. The van der Waals surface area contributed by atoms with E-state index in [1.165, 1.54) is 19.0 Å². The minimum atomic E-state index is -1.03. The monoisotopic (exact) mass is 267 g/mol. The molecule has 0 bridgehead atoms. The van der Waals surface area contributed by atoms with Crippen molar-refractivity contribution in [2.45, 2.75) is 25.4 Å². The van der Waals surface area contributed by atoms with Gasteiger partial charge in [-0.05, 0) is 33.5 Å². The van der Waals surface area contributed by atoms with E-state index in [2.05, 4.69) is 34.2 Å². The molecular weight excluding hydrogens is 246 g/mol. The molecule has 0 radical (unpaired) electrons. The second-order valence-corrected chi connectivity index (χ2v) is 5.23. The van der Waals surface area contributed by atoms with Gasteiger partial charge in [-0.1, -0.05) is 5.21 Å². The van der Waals surface area contributed by atoms with E-state index in [0.717, 1.165) is 19.6 Å². The second kappa shape index (κ2) is 6.12. The summed E-state index contributed by atoms with van der Waals surface area (Å²) in [6.07, 6.45) is 3.94. The van der Waals surface area contributed by atoms with Gasteiger partial charge in [-0.2, -0.15) is 0 Å². The maximum absolute atomic E-state index is 10.7. The first-order valence-electron chi connectivity index (χ1n) is 6.58. The van der Waals surface area contributed by atoms with Gasteiger partial charge in [-0.25, -0.2) is 4.79 Å². The largest absolute Gasteiger partial charge is 0.476 e. The molecule has 1 saturated heterocycles. The summed E-state index contributed by atoms with van der Waals surface area (Å²) in [5.74, 6) is -1.03. The third kappa shape index (κ3) is 3.74. The molecule has 1 aliphatic heterocycles. The van der Waals surface area contributed by atoms with Crippen LogP contribution in [0.4, 0.5) is 0 Å². The first-order chi connectivity index (χ1) is 9.06. The molecule has 2 rings (SSSR count). The summed E-state index contributed by atoms with van der Waals surface area (Å²) < 4.78 is 1.60. The quantitative estimate of drug-likeness (QED) is 0.809. The van der Waals surface area contributed by atoms with Crippen molar-refractivity contribution in [3.63, 3.8) is 0 Å². The number of hydrogen-bond donors (Lipinski definition) is 1. The maximum atomic E-state index is 10.7. The van der Waals surface area contributed by atoms with E-state index < -0.39 is 5.97 Å². The van der Waals surface area contributed by atoms with Crippen molar-refractivity contribution in [2.24, 2.45) is 0 Å². The number of carbonyl (C=O) groups is 1. The Morgan fingerprint density at radius 2 is 2.32 bits per heavy atom. The Labute approximate surface area is 112 Å². The van der Waals surface area contributed by atoms with Crippen LogP contribution < -0.4 is 0 Å². The molecular formula is C12H21N5O2. The van der Waals surface area contributed by atoms with Crippen LogP contribution in [0, 0.1) is 0 Å². The number of hydrogen-bond acceptors (Lipinski definition) is 5. The van der Waals surface area contributed by atoms with Crippen molar-refractivity contribution in [3.8, 4) is 0 Å². The summed E-state index contributed by atoms with van der Waals surface area (Å²) in [4.78, 5) is 15.4. The molecule has 0 saturated carbocycles. The fourth-order valence-electron chi connectivity index (χ4n) is 2.41. The highest BCUT2D eigenvalue weighted by Gasteiger charge is 2.21. The van der Waals surface area contributed by atoms with Crippen LogP contribution in [0.1, 0.15) is 23.3 Å². The zero-order chi connectivity index (χ0) is 13.8. The van der Waals surface area contributed by atoms with Crippen molar-refractivity contribution in [2.75, 3.05) is 33.7 Å². The van der Waals surface area contributed by atoms with E-state index in [0.29, 0.717) is 12.6 Å². The third-order valence-corrected chi connectivity index (χ3v) is 3.61. The molecule has 0 amide bonds. The van der Waals surface area contributed by atoms with Gasteiger partial charge in [-0.15, -0.1) is 5.10 Å². The Bertz CT molecular complexity index is 432. The molecule has 7 heteroatoms. The van der Waals surface area contributed by atoms with Crippen molar-refractivity contribution >= 4 is 5.97 Å². The highest BCUT2D eigenvalue weighted by atomic mass is 16.4. The number of nitrogens with zero attached hydrogens (tertiary/aromatic N) is 5. The zero-order valence-electron chi connectivity index (χ0n) is 11.5. The first kappa shape index (κ1) is 14.0. The first-order valence-corrected chi connectivity index (χ1v) is 6.58. The van der Waals surface area contributed by atoms with Gasteiger partial charge in [0.15, 0.2) is 5.69 Å². The van der Waals surface area contributed by atoms with Crippen molar-refractivity contribution < 1.29 is 9.90 Å². The van der Waals surface area contributed by atoms with Crippen LogP contribution in [0.25, 0.3) is 0 Å². The highest BCUT2D eigenvalue weighted by molar-refractivity contribution is 5.84. The van der Waals surface area contributed by atoms with E-state index >= 15 is 0 Å². The molecule has 1 fully saturated rings. The van der Waals surface area contributed by atoms with Gasteiger partial charge < -0.3 is 10.0 Å². The molecule has 106 valence electrons. The lowest BCUT2D eigenvalue weighted by molar-refractivity contribution is 0.0690. The standard InChI is InChI=1S/C12H21N5O2/c1-15(2)10-4-3-5-16(8-10)6-7-17-9-11(12(18)19)13-14-17/h9-10H,3-8H2,1-2H3,(H,18,19). The van der Waals surface area contributed by atoms with Gasteiger partial charge in [0, 0.05) is 19.1 Å². The predicted octanol–water partition coefficient (Wildman–Crippen LogP) is 0.00230. The summed E-state index contributed by atoms with van der Waals surface area (Å²) in [7, 11) is 4.23. The average Bonchev–Trinajstić information content (AvgIpc) is 2.85. The Morgan fingerprint density at radius 1 is 1.53 bits per heavy atom. The van der Waals surface area contributed by atoms with Crippen molar-refractivity contribution in [1.29, 1.82) is 0 Å². The summed E-state index contributed by atoms with van der Waals surface area (Å²) in [5, 5.41) is 16.2. The van der Waals surface area contributed by atoms with Crippen LogP contribution in [0.3, 0.4) is 0 Å². The van der Waals surface area contributed by atoms with Crippen LogP contribution in [-0.2, 0) is 6.54 Å². The molecule has 1 aromatic heterocycles. The van der Waals surface area contributed by atoms with Gasteiger partial charge in [0.25, 0.3) is 0 Å². The minimum Gasteiger partial charge on any atom is -0.476 e. The smallest absolute Gasteiger partial charge is 0.358 e. The Hall–Kier alpha value is -1.47. The Kier molecular flexibility index (Phi) is 4.49. The number of likely N-dealkylation sites (tertiary alicyclic amines) is 1. The van der Waals surface area contributed by atoms with Crippen LogP contribution in [0.5, 0.6) is 0 Å². The number of piperidine rings is 1. The van der Waals surface area contributed by atoms with Crippen LogP contribution in [0.15, 0.2) is 6.20 Å². The van der Waals surface area contributed by atoms with E-state index in [4.69, 9.17) is 5.11 Å². The number of carboxylic acids is 1. The molecule has 0 aromatic carbocycles. The number of aromatic nitrogens is 3. The SMILES string of the molecule is CN(C)C1CCCN(CCn2cc(C(=O)O)nn2)C1. The van der Waals surface area contributed by atoms with Gasteiger partial charge in [0.05, 0.1) is 12.7 Å². The van der Waals surface area contributed by atoms with Crippen LogP contribution in [-0.4, -0.2) is 75.6 Å². The normalized spacial score (nSPS) is 20.9. The average molecular weight is 267 g/mol. The maximum Gasteiger partial charge on any atom is 0.358 e. The highest BCUT2D eigenvalue weighted by Crippen LogP contribution is 2.13. The lowest BCUT2D eigenvalue weighted by Crippen LogP contribution is -2.45. The van der Waals surface area contributed by atoms with Crippen molar-refractivity contribution in [3.05, 3.63) is 11.9 Å². The van der Waals surface area contributed by atoms with Gasteiger partial charge in [0.1, 0.15) is 0 Å². The van der Waals surface area contributed by atoms with Crippen LogP contribution >= 0.6 is 0 Å². The molecule has 19 heavy (non-hydrogen) atoms. The van der Waals surface area contributed by atoms with Crippen LogP contribution in [0.2, 0.25) is 0 Å². The fourth-order valence-corrected chi connectivity index (χ4v) is 2.41. The number of rotatable bonds is 5. The summed E-state index contributed by atoms with van der Waals surface area (Å²) in [5.41, 5.74) is 0.00446. The summed E-state index contributed by atoms with van der Waals surface area (Å²) >= 11 is 0. The number of carboxylic acid groups (broad SMARTS) is 1. The lowest BCUT2D eigenvalue weighted by atomic mass is 10.1. The number of likely N-dealkylation sites (N-methyl/N-ethyl adjacent to an activating group) is 1. The van der Waals surface area contributed by atoms with E-state index in [-0.39, 0.29) is 5.69 Å². The van der Waals surface area contributed by atoms with Gasteiger partial charge in [0.2, 0.25) is 0 Å². The Balaban J connectivity index is 1.82. The van der Waals surface area contributed by atoms with Gasteiger partial charge >= 0.3 is 5.97 Å². The second-order valence-electron chi connectivity index (χ2n) is 5.23. The summed E-state index contributed by atoms with van der Waals surface area (Å²) in [6, 6.07) is 0.610. The molecule has 1 N–H and O–H groups in total. The minimum absolute atomic E-state index is 0.00446. The molecule has 1 aliphatic rings. The Morgan fingerprint density at radius 3 is 2.95 bits per heavy atom. The summed E-state index contributed by atoms with van der Waals surface area (Å²) in [6.45, 7) is 3.73. The van der Waals surface area contributed by atoms with E-state index in [1.807, 2.05) is 0 Å². The molecule has 2 heterocycles. The fraction of sp³-hybridized carbons (Fsp3) is 0.750. The third-order valence-electron chi connectivity index (χ3n) is 3.61. The van der Waals surface area contributed by atoms with E-state index in [1.54, 1.807) is 4.68 Å². The molecule has 1 aromatic rings. The molecule has 0 spiro atoms. The number of aromatic carboxylic acids is 1. The molecule has 7 nitrogen and oxygen atoms in total. The lowest BCUT2D eigenvalue weighted by Gasteiger charge is -2.36. The predicted molar refractivity (Wildman–Crippen MR) is 70.1 cm³/mol. The molecule has 1 unspecified atom stereocenters. The molecule has 1 atom stereocenters. The van der Waals surface area contributed by atoms with Crippen molar-refractivity contribution in [1.82, 2.24) is 24.8 Å². The molecule has 0 aliphatic carbocycles. The topological polar surface area (TPSA) is 74.5 Å². The van der Waals surface area contributed by atoms with Gasteiger partial charge in [-0.3, -0.25) is 9.58 Å².